The van der Waals surface area contributed by atoms with Gasteiger partial charge in [-0.25, -0.2) is 9.97 Å². The Morgan fingerprint density at radius 3 is 2.46 bits per heavy atom. The zero-order valence-corrected chi connectivity index (χ0v) is 14.0. The zero-order valence-electron chi connectivity index (χ0n) is 13.2. The van der Waals surface area contributed by atoms with Gasteiger partial charge in [0, 0.05) is 10.5 Å². The lowest BCUT2D eigenvalue weighted by atomic mass is 10.1. The Bertz CT molecular complexity index is 891. The molecule has 1 aromatic heterocycles. The van der Waals surface area contributed by atoms with Crippen LogP contribution in [0.25, 0.3) is 22.3 Å². The van der Waals surface area contributed by atoms with Crippen LogP contribution in [-0.2, 0) is 6.18 Å². The van der Waals surface area contributed by atoms with Crippen LogP contribution >= 0.6 is 11.8 Å². The van der Waals surface area contributed by atoms with Gasteiger partial charge in [-0.2, -0.15) is 13.2 Å². The van der Waals surface area contributed by atoms with E-state index in [4.69, 9.17) is 0 Å². The van der Waals surface area contributed by atoms with E-state index in [2.05, 4.69) is 16.9 Å². The maximum atomic E-state index is 12.8. The van der Waals surface area contributed by atoms with Crippen molar-refractivity contribution >= 4 is 22.8 Å². The molecule has 0 aliphatic rings. The minimum Gasteiger partial charge on any atom is -0.249 e. The molecule has 0 aliphatic heterocycles. The first-order valence-electron chi connectivity index (χ1n) is 7.48. The van der Waals surface area contributed by atoms with Crippen LogP contribution in [0.3, 0.4) is 0 Å². The Hall–Kier alpha value is -2.08. The van der Waals surface area contributed by atoms with Gasteiger partial charge in [-0.15, -0.1) is 11.8 Å². The van der Waals surface area contributed by atoms with Crippen molar-refractivity contribution in [3.63, 3.8) is 0 Å². The van der Waals surface area contributed by atoms with Gasteiger partial charge in [0.15, 0.2) is 0 Å². The SMILES string of the molecule is CCSc1ccccc1-c1nc2ccc(C(F)(F)F)cc2nc1C. The highest BCUT2D eigenvalue weighted by Gasteiger charge is 2.30. The molecule has 0 saturated heterocycles. The summed E-state index contributed by atoms with van der Waals surface area (Å²) in [5, 5.41) is 0. The van der Waals surface area contributed by atoms with Crippen LogP contribution in [0.5, 0.6) is 0 Å². The lowest BCUT2D eigenvalue weighted by Crippen LogP contribution is -2.05. The second-order valence-corrected chi connectivity index (χ2v) is 6.59. The minimum absolute atomic E-state index is 0.256. The number of alkyl halides is 3. The maximum Gasteiger partial charge on any atom is 0.416 e. The fourth-order valence-electron chi connectivity index (χ4n) is 2.52. The molecule has 2 nitrogen and oxygen atoms in total. The highest BCUT2D eigenvalue weighted by Crippen LogP contribution is 2.34. The molecule has 0 spiro atoms. The molecule has 6 heteroatoms. The van der Waals surface area contributed by atoms with Crippen LogP contribution in [0.4, 0.5) is 13.2 Å². The molecule has 0 bridgehead atoms. The van der Waals surface area contributed by atoms with Crippen molar-refractivity contribution in [1.82, 2.24) is 9.97 Å². The molecule has 0 aliphatic carbocycles. The van der Waals surface area contributed by atoms with Crippen LogP contribution in [0.15, 0.2) is 47.4 Å². The predicted molar refractivity (Wildman–Crippen MR) is 91.1 cm³/mol. The highest BCUT2D eigenvalue weighted by atomic mass is 32.2. The van der Waals surface area contributed by atoms with Gasteiger partial charge in [0.25, 0.3) is 0 Å². The summed E-state index contributed by atoms with van der Waals surface area (Å²) in [5.41, 5.74) is 2.28. The summed E-state index contributed by atoms with van der Waals surface area (Å²) >= 11 is 1.70. The second kappa shape index (κ2) is 6.43. The number of rotatable bonds is 3. The molecule has 0 radical (unpaired) electrons. The molecule has 0 N–H and O–H groups in total. The largest absolute Gasteiger partial charge is 0.416 e. The van der Waals surface area contributed by atoms with Crippen LogP contribution in [0.1, 0.15) is 18.2 Å². The van der Waals surface area contributed by atoms with E-state index in [1.165, 1.54) is 6.07 Å². The molecular formula is C18H15F3N2S. The Morgan fingerprint density at radius 1 is 1.00 bits per heavy atom. The fourth-order valence-corrected chi connectivity index (χ4v) is 3.32. The lowest BCUT2D eigenvalue weighted by Gasteiger charge is -2.12. The summed E-state index contributed by atoms with van der Waals surface area (Å²) in [6, 6.07) is 11.3. The monoisotopic (exact) mass is 348 g/mol. The first-order valence-corrected chi connectivity index (χ1v) is 8.46. The Labute approximate surface area is 142 Å². The number of hydrogen-bond donors (Lipinski definition) is 0. The number of hydrogen-bond acceptors (Lipinski definition) is 3. The van der Waals surface area contributed by atoms with Crippen molar-refractivity contribution in [2.24, 2.45) is 0 Å². The summed E-state index contributed by atoms with van der Waals surface area (Å²) in [5.74, 6) is 0.923. The smallest absolute Gasteiger partial charge is 0.249 e. The number of thioether (sulfide) groups is 1. The van der Waals surface area contributed by atoms with E-state index in [9.17, 15) is 13.2 Å². The fraction of sp³-hybridized carbons (Fsp3) is 0.222. The number of aromatic nitrogens is 2. The van der Waals surface area contributed by atoms with Gasteiger partial charge in [0.2, 0.25) is 0 Å². The summed E-state index contributed by atoms with van der Waals surface area (Å²) in [6.45, 7) is 3.84. The van der Waals surface area contributed by atoms with E-state index in [0.717, 1.165) is 28.3 Å². The van der Waals surface area contributed by atoms with Crippen molar-refractivity contribution in [2.45, 2.75) is 24.9 Å². The number of fused-ring (bicyclic) bond motifs is 1. The van der Waals surface area contributed by atoms with E-state index in [0.29, 0.717) is 16.9 Å². The Balaban J connectivity index is 2.16. The van der Waals surface area contributed by atoms with Crippen LogP contribution in [-0.4, -0.2) is 15.7 Å². The molecule has 24 heavy (non-hydrogen) atoms. The third kappa shape index (κ3) is 3.24. The molecule has 2 aromatic carbocycles. The minimum atomic E-state index is -4.38. The van der Waals surface area contributed by atoms with E-state index >= 15 is 0 Å². The Kier molecular flexibility index (Phi) is 4.49. The molecule has 0 saturated carbocycles. The number of nitrogens with zero attached hydrogens (tertiary/aromatic N) is 2. The molecule has 3 aromatic rings. The van der Waals surface area contributed by atoms with Gasteiger partial charge in [0.1, 0.15) is 0 Å². The van der Waals surface area contributed by atoms with Crippen LogP contribution < -0.4 is 0 Å². The maximum absolute atomic E-state index is 12.8. The Morgan fingerprint density at radius 2 is 1.75 bits per heavy atom. The van der Waals surface area contributed by atoms with E-state index < -0.39 is 11.7 Å². The second-order valence-electron chi connectivity index (χ2n) is 5.29. The molecule has 1 heterocycles. The van der Waals surface area contributed by atoms with Crippen molar-refractivity contribution in [3.8, 4) is 11.3 Å². The zero-order chi connectivity index (χ0) is 17.3. The topological polar surface area (TPSA) is 25.8 Å². The molecule has 0 amide bonds. The molecule has 0 fully saturated rings. The summed E-state index contributed by atoms with van der Waals surface area (Å²) in [4.78, 5) is 10.0. The first-order chi connectivity index (χ1) is 11.4. The third-order valence-corrected chi connectivity index (χ3v) is 4.56. The number of halogens is 3. The van der Waals surface area contributed by atoms with Crippen molar-refractivity contribution in [3.05, 3.63) is 53.7 Å². The summed E-state index contributed by atoms with van der Waals surface area (Å²) in [7, 11) is 0. The van der Waals surface area contributed by atoms with Gasteiger partial charge in [-0.1, -0.05) is 25.1 Å². The van der Waals surface area contributed by atoms with Crippen LogP contribution in [0.2, 0.25) is 0 Å². The van der Waals surface area contributed by atoms with Crippen molar-refractivity contribution < 1.29 is 13.2 Å². The number of benzene rings is 2. The normalized spacial score (nSPS) is 11.9. The van der Waals surface area contributed by atoms with Gasteiger partial charge < -0.3 is 0 Å². The summed E-state index contributed by atoms with van der Waals surface area (Å²) < 4.78 is 38.5. The summed E-state index contributed by atoms with van der Waals surface area (Å²) in [6.07, 6.45) is -4.38. The molecule has 0 atom stereocenters. The third-order valence-electron chi connectivity index (χ3n) is 3.61. The van der Waals surface area contributed by atoms with Gasteiger partial charge in [0.05, 0.1) is 28.0 Å². The lowest BCUT2D eigenvalue weighted by molar-refractivity contribution is -0.137. The average Bonchev–Trinajstić information content (AvgIpc) is 2.54. The average molecular weight is 348 g/mol. The predicted octanol–water partition coefficient (Wildman–Crippen LogP) is 5.74. The van der Waals surface area contributed by atoms with Crippen molar-refractivity contribution in [1.29, 1.82) is 0 Å². The van der Waals surface area contributed by atoms with Gasteiger partial charge >= 0.3 is 6.18 Å². The van der Waals surface area contributed by atoms with E-state index in [1.54, 1.807) is 18.7 Å². The molecular weight excluding hydrogens is 333 g/mol. The first kappa shape index (κ1) is 16.8. The molecule has 0 unspecified atom stereocenters. The van der Waals surface area contributed by atoms with Gasteiger partial charge in [-0.05, 0) is 36.9 Å². The van der Waals surface area contributed by atoms with Crippen molar-refractivity contribution in [2.75, 3.05) is 5.75 Å². The van der Waals surface area contributed by atoms with Crippen LogP contribution in [0, 0.1) is 6.92 Å². The van der Waals surface area contributed by atoms with Gasteiger partial charge in [-0.3, -0.25) is 0 Å². The quantitative estimate of drug-likeness (QED) is 0.565. The van der Waals surface area contributed by atoms with E-state index in [-0.39, 0.29) is 5.52 Å². The van der Waals surface area contributed by atoms with E-state index in [1.807, 2.05) is 24.3 Å². The molecule has 124 valence electrons. The molecule has 3 rings (SSSR count). The highest BCUT2D eigenvalue weighted by molar-refractivity contribution is 7.99. The number of aryl methyl sites for hydroxylation is 1. The standard InChI is InChI=1S/C18H15F3N2S/c1-3-24-16-7-5-4-6-13(16)17-11(2)22-15-10-12(18(19,20)21)8-9-14(15)23-17/h4-10H,3H2,1-2H3.